The summed E-state index contributed by atoms with van der Waals surface area (Å²) in [5.74, 6) is -0.288. The number of nitrogens with zero attached hydrogens (tertiary/aromatic N) is 2. The zero-order valence-electron chi connectivity index (χ0n) is 15.1. The first kappa shape index (κ1) is 20.8. The van der Waals surface area contributed by atoms with Gasteiger partial charge in [-0.2, -0.15) is 4.31 Å². The molecule has 2 aromatic carbocycles. The van der Waals surface area contributed by atoms with Gasteiger partial charge in [0.2, 0.25) is 10.0 Å². The lowest BCUT2D eigenvalue weighted by Crippen LogP contribution is -2.53. The SMILES string of the molecule is O=C(NCCc1ccccc1F)N1CCN(S(=O)(=O)c2ccc(Br)cc2)CC1. The number of benzene rings is 2. The monoisotopic (exact) mass is 469 g/mol. The summed E-state index contributed by atoms with van der Waals surface area (Å²) in [6.45, 7) is 1.40. The quantitative estimate of drug-likeness (QED) is 0.731. The molecule has 0 atom stereocenters. The van der Waals surface area contributed by atoms with Crippen molar-refractivity contribution in [3.63, 3.8) is 0 Å². The summed E-state index contributed by atoms with van der Waals surface area (Å²) >= 11 is 3.29. The van der Waals surface area contributed by atoms with Crippen LogP contribution in [0.3, 0.4) is 0 Å². The molecule has 2 aromatic rings. The molecule has 0 aromatic heterocycles. The predicted molar refractivity (Wildman–Crippen MR) is 108 cm³/mol. The van der Waals surface area contributed by atoms with Crippen LogP contribution in [-0.2, 0) is 16.4 Å². The Balaban J connectivity index is 1.50. The molecule has 0 saturated carbocycles. The van der Waals surface area contributed by atoms with E-state index in [1.165, 1.54) is 10.4 Å². The first-order valence-electron chi connectivity index (χ1n) is 8.90. The number of hydrogen-bond acceptors (Lipinski definition) is 3. The fourth-order valence-electron chi connectivity index (χ4n) is 3.00. The second-order valence-electron chi connectivity index (χ2n) is 6.42. The number of carbonyl (C=O) groups is 1. The number of piperazine rings is 1. The maximum atomic E-state index is 13.6. The highest BCUT2D eigenvalue weighted by atomic mass is 79.9. The van der Waals surface area contributed by atoms with Crippen LogP contribution >= 0.6 is 15.9 Å². The second kappa shape index (κ2) is 9.02. The van der Waals surface area contributed by atoms with Crippen molar-refractivity contribution >= 4 is 32.0 Å². The fourth-order valence-corrected chi connectivity index (χ4v) is 4.69. The highest BCUT2D eigenvalue weighted by Gasteiger charge is 2.30. The van der Waals surface area contributed by atoms with Crippen LogP contribution in [0.4, 0.5) is 9.18 Å². The highest BCUT2D eigenvalue weighted by molar-refractivity contribution is 9.10. The van der Waals surface area contributed by atoms with Gasteiger partial charge in [0.25, 0.3) is 0 Å². The van der Waals surface area contributed by atoms with Crippen LogP contribution in [0.25, 0.3) is 0 Å². The molecule has 0 bridgehead atoms. The average molecular weight is 470 g/mol. The van der Waals surface area contributed by atoms with Gasteiger partial charge in [-0.15, -0.1) is 0 Å². The van der Waals surface area contributed by atoms with Gasteiger partial charge in [0.15, 0.2) is 0 Å². The molecule has 0 unspecified atom stereocenters. The predicted octanol–water partition coefficient (Wildman–Crippen LogP) is 2.85. The molecule has 2 amide bonds. The third-order valence-corrected chi connectivity index (χ3v) is 7.05. The van der Waals surface area contributed by atoms with Crippen molar-refractivity contribution in [2.75, 3.05) is 32.7 Å². The minimum atomic E-state index is -3.57. The minimum Gasteiger partial charge on any atom is -0.338 e. The molecule has 1 aliphatic rings. The highest BCUT2D eigenvalue weighted by Crippen LogP contribution is 2.20. The van der Waals surface area contributed by atoms with E-state index in [1.54, 1.807) is 47.4 Å². The fraction of sp³-hybridized carbons (Fsp3) is 0.316. The number of urea groups is 1. The Bertz CT molecular complexity index is 930. The number of hydrogen-bond donors (Lipinski definition) is 1. The van der Waals surface area contributed by atoms with Crippen LogP contribution in [-0.4, -0.2) is 56.4 Å². The van der Waals surface area contributed by atoms with E-state index in [9.17, 15) is 17.6 Å². The lowest BCUT2D eigenvalue weighted by atomic mass is 10.1. The number of sulfonamides is 1. The first-order chi connectivity index (χ1) is 13.4. The Kier molecular flexibility index (Phi) is 6.69. The standard InChI is InChI=1S/C19H21BrFN3O3S/c20-16-5-7-17(8-6-16)28(26,27)24-13-11-23(12-14-24)19(25)22-10-9-15-3-1-2-4-18(15)21/h1-8H,9-14H2,(H,22,25). The Morgan fingerprint density at radius 1 is 1.04 bits per heavy atom. The minimum absolute atomic E-state index is 0.235. The zero-order chi connectivity index (χ0) is 20.1. The van der Waals surface area contributed by atoms with Gasteiger partial charge in [-0.1, -0.05) is 34.1 Å². The van der Waals surface area contributed by atoms with E-state index >= 15 is 0 Å². The molecule has 1 aliphatic heterocycles. The maximum Gasteiger partial charge on any atom is 0.317 e. The first-order valence-corrected chi connectivity index (χ1v) is 11.1. The van der Waals surface area contributed by atoms with Gasteiger partial charge >= 0.3 is 6.03 Å². The average Bonchev–Trinajstić information content (AvgIpc) is 2.70. The number of amides is 2. The molecule has 150 valence electrons. The molecule has 1 saturated heterocycles. The summed E-state index contributed by atoms with van der Waals surface area (Å²) in [4.78, 5) is 14.1. The number of halogens is 2. The molecule has 3 rings (SSSR count). The van der Waals surface area contributed by atoms with Crippen molar-refractivity contribution in [3.8, 4) is 0 Å². The van der Waals surface area contributed by atoms with Crippen molar-refractivity contribution in [1.82, 2.24) is 14.5 Å². The summed E-state index contributed by atoms with van der Waals surface area (Å²) in [5, 5.41) is 2.77. The van der Waals surface area contributed by atoms with Crippen molar-refractivity contribution in [1.29, 1.82) is 0 Å². The summed E-state index contributed by atoms with van der Waals surface area (Å²) in [6.07, 6.45) is 0.399. The molecule has 9 heteroatoms. The van der Waals surface area contributed by atoms with Gasteiger partial charge in [-0.3, -0.25) is 0 Å². The van der Waals surface area contributed by atoms with Crippen LogP contribution in [0.2, 0.25) is 0 Å². The Hall–Kier alpha value is -1.97. The van der Waals surface area contributed by atoms with E-state index in [0.29, 0.717) is 31.6 Å². The Morgan fingerprint density at radius 3 is 2.32 bits per heavy atom. The van der Waals surface area contributed by atoms with Crippen LogP contribution < -0.4 is 5.32 Å². The molecule has 1 fully saturated rings. The normalized spacial score (nSPS) is 15.4. The Labute approximate surface area is 172 Å². The van der Waals surface area contributed by atoms with E-state index in [1.807, 2.05) is 0 Å². The second-order valence-corrected chi connectivity index (χ2v) is 9.27. The molecule has 0 spiro atoms. The maximum absolute atomic E-state index is 13.6. The number of nitrogens with one attached hydrogen (secondary N) is 1. The van der Waals surface area contributed by atoms with Gasteiger partial charge in [0.05, 0.1) is 4.90 Å². The van der Waals surface area contributed by atoms with E-state index in [-0.39, 0.29) is 29.8 Å². The van der Waals surface area contributed by atoms with Crippen LogP contribution in [0.5, 0.6) is 0 Å². The zero-order valence-corrected chi connectivity index (χ0v) is 17.5. The van der Waals surface area contributed by atoms with E-state index in [2.05, 4.69) is 21.2 Å². The Morgan fingerprint density at radius 2 is 1.68 bits per heavy atom. The number of carbonyl (C=O) groups excluding carboxylic acids is 1. The molecular formula is C19H21BrFN3O3S. The summed E-state index contributed by atoms with van der Waals surface area (Å²) in [7, 11) is -3.57. The molecular weight excluding hydrogens is 449 g/mol. The topological polar surface area (TPSA) is 69.7 Å². The summed E-state index contributed by atoms with van der Waals surface area (Å²) in [5.41, 5.74) is 0.549. The van der Waals surface area contributed by atoms with E-state index in [4.69, 9.17) is 0 Å². The lowest BCUT2D eigenvalue weighted by Gasteiger charge is -2.34. The third-order valence-electron chi connectivity index (χ3n) is 4.61. The van der Waals surface area contributed by atoms with Crippen LogP contribution in [0.15, 0.2) is 57.9 Å². The summed E-state index contributed by atoms with van der Waals surface area (Å²) < 4.78 is 41.2. The van der Waals surface area contributed by atoms with Gasteiger partial charge in [-0.25, -0.2) is 17.6 Å². The van der Waals surface area contributed by atoms with Crippen LogP contribution in [0.1, 0.15) is 5.56 Å². The van der Waals surface area contributed by atoms with Crippen LogP contribution in [0, 0.1) is 5.82 Å². The molecule has 0 radical (unpaired) electrons. The van der Waals surface area contributed by atoms with Gasteiger partial charge in [-0.05, 0) is 42.3 Å². The molecule has 28 heavy (non-hydrogen) atoms. The molecule has 1 heterocycles. The largest absolute Gasteiger partial charge is 0.338 e. The smallest absolute Gasteiger partial charge is 0.317 e. The van der Waals surface area contributed by atoms with Crippen molar-refractivity contribution in [2.24, 2.45) is 0 Å². The summed E-state index contributed by atoms with van der Waals surface area (Å²) in [6, 6.07) is 12.7. The third kappa shape index (κ3) is 4.89. The van der Waals surface area contributed by atoms with Crippen molar-refractivity contribution < 1.29 is 17.6 Å². The molecule has 1 N–H and O–H groups in total. The van der Waals surface area contributed by atoms with E-state index in [0.717, 1.165) is 4.47 Å². The molecule has 6 nitrogen and oxygen atoms in total. The number of rotatable bonds is 5. The van der Waals surface area contributed by atoms with Gasteiger partial charge in [0, 0.05) is 37.2 Å². The lowest BCUT2D eigenvalue weighted by molar-refractivity contribution is 0.172. The van der Waals surface area contributed by atoms with Crippen molar-refractivity contribution in [3.05, 3.63) is 64.4 Å². The molecule has 0 aliphatic carbocycles. The van der Waals surface area contributed by atoms with Gasteiger partial charge < -0.3 is 10.2 Å². The van der Waals surface area contributed by atoms with E-state index < -0.39 is 10.0 Å². The van der Waals surface area contributed by atoms with Gasteiger partial charge in [0.1, 0.15) is 5.82 Å². The van der Waals surface area contributed by atoms with Crippen molar-refractivity contribution in [2.45, 2.75) is 11.3 Å².